The van der Waals surface area contributed by atoms with Crippen molar-refractivity contribution >= 4 is 33.7 Å². The van der Waals surface area contributed by atoms with E-state index in [9.17, 15) is 4.79 Å². The number of carbonyl (C=O) groups is 1. The highest BCUT2D eigenvalue weighted by Gasteiger charge is 2.20. The van der Waals surface area contributed by atoms with Crippen molar-refractivity contribution in [3.05, 3.63) is 33.8 Å². The van der Waals surface area contributed by atoms with Gasteiger partial charge in [0.05, 0.1) is 0 Å². The maximum absolute atomic E-state index is 10.7. The van der Waals surface area contributed by atoms with Crippen LogP contribution in [0.5, 0.6) is 0 Å². The maximum atomic E-state index is 10.7. The minimum Gasteiger partial charge on any atom is -0.480 e. The first-order chi connectivity index (χ1) is 8.58. The predicted molar refractivity (Wildman–Crippen MR) is 78.1 cm³/mol. The summed E-state index contributed by atoms with van der Waals surface area (Å²) < 4.78 is 1.07. The Morgan fingerprint density at radius 3 is 2.94 bits per heavy atom. The van der Waals surface area contributed by atoms with Gasteiger partial charge in [-0.25, -0.2) is 0 Å². The first-order valence-electron chi connectivity index (χ1n) is 5.92. The molecule has 18 heavy (non-hydrogen) atoms. The largest absolute Gasteiger partial charge is 0.480 e. The van der Waals surface area contributed by atoms with Crippen LogP contribution in [0.1, 0.15) is 23.5 Å². The number of hydrogen-bond acceptors (Lipinski definition) is 3. The van der Waals surface area contributed by atoms with E-state index in [1.165, 1.54) is 23.5 Å². The number of halogens is 1. The normalized spacial score (nSPS) is 20.9. The molecule has 3 N–H and O–H groups in total. The molecule has 0 aromatic heterocycles. The van der Waals surface area contributed by atoms with Gasteiger partial charge in [0.1, 0.15) is 6.04 Å². The molecule has 2 unspecified atom stereocenters. The minimum absolute atomic E-state index is 0.369. The van der Waals surface area contributed by atoms with Crippen LogP contribution in [0.25, 0.3) is 0 Å². The quantitative estimate of drug-likeness (QED) is 0.891. The van der Waals surface area contributed by atoms with E-state index in [-0.39, 0.29) is 0 Å². The lowest BCUT2D eigenvalue weighted by molar-refractivity contribution is -0.138. The fourth-order valence-electron chi connectivity index (χ4n) is 2.15. The molecule has 98 valence electrons. The number of hydrogen-bond donors (Lipinski definition) is 2. The predicted octanol–water partition coefficient (Wildman–Crippen LogP) is 2.62. The lowest BCUT2D eigenvalue weighted by Crippen LogP contribution is -2.32. The smallest absolute Gasteiger partial charge is 0.320 e. The lowest BCUT2D eigenvalue weighted by Gasteiger charge is -2.13. The number of rotatable bonds is 4. The molecule has 1 fully saturated rings. The van der Waals surface area contributed by atoms with Crippen molar-refractivity contribution in [2.75, 3.05) is 11.5 Å². The number of thioether (sulfide) groups is 1. The van der Waals surface area contributed by atoms with Crippen LogP contribution in [-0.2, 0) is 11.2 Å². The second kappa shape index (κ2) is 6.08. The van der Waals surface area contributed by atoms with E-state index < -0.39 is 12.0 Å². The molecule has 0 aliphatic carbocycles. The van der Waals surface area contributed by atoms with Crippen LogP contribution in [0.3, 0.4) is 0 Å². The average molecular weight is 330 g/mol. The van der Waals surface area contributed by atoms with Crippen LogP contribution >= 0.6 is 27.7 Å². The molecule has 1 aliphatic heterocycles. The molecule has 3 nitrogen and oxygen atoms in total. The standard InChI is InChI=1S/C13H16BrNO2S/c14-11-5-8(6-12(15)13(16)17)1-2-10(11)9-3-4-18-7-9/h1-2,5,9,12H,3-4,6-7,15H2,(H,16,17). The van der Waals surface area contributed by atoms with Gasteiger partial charge in [-0.15, -0.1) is 0 Å². The second-order valence-corrected chi connectivity index (χ2v) is 6.57. The molecular weight excluding hydrogens is 314 g/mol. The molecule has 0 radical (unpaired) electrons. The summed E-state index contributed by atoms with van der Waals surface area (Å²) in [5.41, 5.74) is 7.83. The molecule has 0 amide bonds. The molecule has 1 aliphatic rings. The van der Waals surface area contributed by atoms with Gasteiger partial charge in [0.15, 0.2) is 0 Å². The van der Waals surface area contributed by atoms with Crippen LogP contribution in [0.2, 0.25) is 0 Å². The van der Waals surface area contributed by atoms with E-state index in [1.807, 2.05) is 23.9 Å². The third-order valence-corrected chi connectivity index (χ3v) is 5.06. The summed E-state index contributed by atoms with van der Waals surface area (Å²) in [6.45, 7) is 0. The van der Waals surface area contributed by atoms with E-state index in [0.29, 0.717) is 12.3 Å². The van der Waals surface area contributed by atoms with Gasteiger partial charge in [-0.05, 0) is 41.7 Å². The Kier molecular flexibility index (Phi) is 4.70. The fraction of sp³-hybridized carbons (Fsp3) is 0.462. The monoisotopic (exact) mass is 329 g/mol. The van der Waals surface area contributed by atoms with Gasteiger partial charge in [0.2, 0.25) is 0 Å². The zero-order valence-electron chi connectivity index (χ0n) is 9.93. The number of benzene rings is 1. The second-order valence-electron chi connectivity index (χ2n) is 4.57. The van der Waals surface area contributed by atoms with Gasteiger partial charge in [0.25, 0.3) is 0 Å². The summed E-state index contributed by atoms with van der Waals surface area (Å²) in [5.74, 6) is 2.06. The molecule has 2 rings (SSSR count). The molecular formula is C13H16BrNO2S. The van der Waals surface area contributed by atoms with Crippen molar-refractivity contribution < 1.29 is 9.90 Å². The summed E-state index contributed by atoms with van der Waals surface area (Å²) in [5, 5.41) is 8.80. The Bertz CT molecular complexity index is 447. The zero-order chi connectivity index (χ0) is 13.1. The Morgan fingerprint density at radius 2 is 2.39 bits per heavy atom. The summed E-state index contributed by atoms with van der Waals surface area (Å²) in [6.07, 6.45) is 1.59. The van der Waals surface area contributed by atoms with Crippen molar-refractivity contribution in [2.45, 2.75) is 24.8 Å². The SMILES string of the molecule is NC(Cc1ccc(C2CCSC2)c(Br)c1)C(=O)O. The minimum atomic E-state index is -0.956. The van der Waals surface area contributed by atoms with Crippen LogP contribution in [-0.4, -0.2) is 28.6 Å². The van der Waals surface area contributed by atoms with Crippen LogP contribution < -0.4 is 5.73 Å². The first kappa shape index (κ1) is 13.9. The Hall–Kier alpha value is -0.520. The number of aliphatic carboxylic acids is 1. The summed E-state index contributed by atoms with van der Waals surface area (Å²) in [6, 6.07) is 5.27. The lowest BCUT2D eigenvalue weighted by atomic mass is 9.96. The fourth-order valence-corrected chi connectivity index (χ4v) is 4.15. The molecule has 0 spiro atoms. The van der Waals surface area contributed by atoms with Gasteiger partial charge >= 0.3 is 5.97 Å². The molecule has 1 heterocycles. The Morgan fingerprint density at radius 1 is 1.61 bits per heavy atom. The van der Waals surface area contributed by atoms with Gasteiger partial charge in [-0.3, -0.25) is 4.79 Å². The molecule has 1 aromatic carbocycles. The number of carboxylic acid groups (broad SMARTS) is 1. The highest BCUT2D eigenvalue weighted by molar-refractivity contribution is 9.10. The summed E-state index contributed by atoms with van der Waals surface area (Å²) in [7, 11) is 0. The van der Waals surface area contributed by atoms with Crippen molar-refractivity contribution in [2.24, 2.45) is 5.73 Å². The van der Waals surface area contributed by atoms with Crippen molar-refractivity contribution in [3.8, 4) is 0 Å². The summed E-state index contributed by atoms with van der Waals surface area (Å²) in [4.78, 5) is 10.7. The van der Waals surface area contributed by atoms with E-state index in [1.54, 1.807) is 0 Å². The van der Waals surface area contributed by atoms with Crippen LogP contribution in [0.4, 0.5) is 0 Å². The van der Waals surface area contributed by atoms with Crippen LogP contribution in [0.15, 0.2) is 22.7 Å². The topological polar surface area (TPSA) is 63.3 Å². The maximum Gasteiger partial charge on any atom is 0.320 e. The third kappa shape index (κ3) is 3.28. The van der Waals surface area contributed by atoms with E-state index in [0.717, 1.165) is 10.0 Å². The van der Waals surface area contributed by atoms with Crippen molar-refractivity contribution in [1.82, 2.24) is 0 Å². The first-order valence-corrected chi connectivity index (χ1v) is 7.87. The average Bonchev–Trinajstić information content (AvgIpc) is 2.82. The summed E-state index contributed by atoms with van der Waals surface area (Å²) >= 11 is 5.57. The molecule has 0 saturated carbocycles. The molecule has 2 atom stereocenters. The van der Waals surface area contributed by atoms with Crippen molar-refractivity contribution in [3.63, 3.8) is 0 Å². The zero-order valence-corrected chi connectivity index (χ0v) is 12.3. The highest BCUT2D eigenvalue weighted by atomic mass is 79.9. The molecule has 1 saturated heterocycles. The third-order valence-electron chi connectivity index (χ3n) is 3.21. The van der Waals surface area contributed by atoms with E-state index in [4.69, 9.17) is 10.8 Å². The van der Waals surface area contributed by atoms with Crippen LogP contribution in [0, 0.1) is 0 Å². The van der Waals surface area contributed by atoms with E-state index >= 15 is 0 Å². The number of carboxylic acids is 1. The Balaban J connectivity index is 2.11. The van der Waals surface area contributed by atoms with Gasteiger partial charge < -0.3 is 10.8 Å². The van der Waals surface area contributed by atoms with Crippen molar-refractivity contribution in [1.29, 1.82) is 0 Å². The van der Waals surface area contributed by atoms with Gasteiger partial charge in [-0.1, -0.05) is 28.1 Å². The molecule has 5 heteroatoms. The van der Waals surface area contributed by atoms with Gasteiger partial charge in [0, 0.05) is 10.2 Å². The number of nitrogens with two attached hydrogens (primary N) is 1. The molecule has 1 aromatic rings. The molecule has 0 bridgehead atoms. The van der Waals surface area contributed by atoms with E-state index in [2.05, 4.69) is 22.0 Å². The highest BCUT2D eigenvalue weighted by Crippen LogP contribution is 2.36. The van der Waals surface area contributed by atoms with Gasteiger partial charge in [-0.2, -0.15) is 11.8 Å². The Labute approximate surface area is 119 Å².